The summed E-state index contributed by atoms with van der Waals surface area (Å²) in [5.74, 6) is 2.16. The van der Waals surface area contributed by atoms with Crippen LogP contribution in [0, 0.1) is 0 Å². The molecule has 0 saturated carbocycles. The van der Waals surface area contributed by atoms with E-state index in [4.69, 9.17) is 14.2 Å². The summed E-state index contributed by atoms with van der Waals surface area (Å²) >= 11 is 0. The predicted molar refractivity (Wildman–Crippen MR) is 85.0 cm³/mol. The molecule has 4 rings (SSSR count). The lowest BCUT2D eigenvalue weighted by Gasteiger charge is -2.34. The van der Waals surface area contributed by atoms with Crippen LogP contribution in [-0.2, 0) is 17.9 Å². The number of benzene rings is 1. The van der Waals surface area contributed by atoms with Crippen LogP contribution in [-0.4, -0.2) is 40.8 Å². The normalized spacial score (nSPS) is 18.6. The third kappa shape index (κ3) is 2.32. The number of hydrogen-bond acceptors (Lipinski definition) is 5. The van der Waals surface area contributed by atoms with Gasteiger partial charge < -0.3 is 23.7 Å². The average Bonchev–Trinajstić information content (AvgIpc) is 3.21. The molecule has 0 radical (unpaired) electrons. The van der Waals surface area contributed by atoms with Crippen LogP contribution in [0.15, 0.2) is 24.4 Å². The van der Waals surface area contributed by atoms with Crippen LogP contribution < -0.4 is 9.47 Å². The minimum atomic E-state index is -0.0951. The van der Waals surface area contributed by atoms with Crippen molar-refractivity contribution in [2.24, 2.45) is 0 Å². The van der Waals surface area contributed by atoms with E-state index in [2.05, 4.69) is 9.55 Å². The Balaban J connectivity index is 1.59. The molecule has 24 heavy (non-hydrogen) atoms. The van der Waals surface area contributed by atoms with Gasteiger partial charge in [0.05, 0.1) is 24.5 Å². The van der Waals surface area contributed by atoms with Crippen LogP contribution >= 0.6 is 0 Å². The molecule has 2 aromatic rings. The minimum Gasteiger partial charge on any atom is -0.454 e. The lowest BCUT2D eigenvalue weighted by molar-refractivity contribution is 0.0632. The fourth-order valence-electron chi connectivity index (χ4n) is 3.30. The molecule has 0 aliphatic carbocycles. The molecule has 0 bridgehead atoms. The van der Waals surface area contributed by atoms with Crippen LogP contribution in [0.25, 0.3) is 0 Å². The number of rotatable bonds is 3. The van der Waals surface area contributed by atoms with E-state index in [1.807, 2.05) is 18.0 Å². The number of imidazole rings is 1. The molecular formula is C17H19N3O4. The zero-order chi connectivity index (χ0) is 16.7. The van der Waals surface area contributed by atoms with Crippen molar-refractivity contribution in [3.8, 4) is 11.5 Å². The maximum atomic E-state index is 12.9. The molecule has 1 amide bonds. The Morgan fingerprint density at radius 1 is 1.33 bits per heavy atom. The van der Waals surface area contributed by atoms with Crippen LogP contribution in [0.1, 0.15) is 34.8 Å². The summed E-state index contributed by atoms with van der Waals surface area (Å²) in [7, 11) is 1.67. The second kappa shape index (κ2) is 5.83. The Labute approximate surface area is 139 Å². The predicted octanol–water partition coefficient (Wildman–Crippen LogP) is 1.98. The van der Waals surface area contributed by atoms with Crippen molar-refractivity contribution in [3.05, 3.63) is 41.5 Å². The van der Waals surface area contributed by atoms with Crippen LogP contribution in [0.2, 0.25) is 0 Å². The highest BCUT2D eigenvalue weighted by atomic mass is 16.7. The van der Waals surface area contributed by atoms with Crippen LogP contribution in [0.4, 0.5) is 0 Å². The van der Waals surface area contributed by atoms with Gasteiger partial charge in [-0.25, -0.2) is 4.98 Å². The van der Waals surface area contributed by atoms with Gasteiger partial charge in [-0.3, -0.25) is 4.79 Å². The number of aromatic nitrogens is 2. The molecule has 126 valence electrons. The fourth-order valence-corrected chi connectivity index (χ4v) is 3.30. The van der Waals surface area contributed by atoms with Crippen molar-refractivity contribution < 1.29 is 19.0 Å². The highest BCUT2D eigenvalue weighted by Gasteiger charge is 2.31. The lowest BCUT2D eigenvalue weighted by Crippen LogP contribution is -2.41. The summed E-state index contributed by atoms with van der Waals surface area (Å²) in [4.78, 5) is 19.2. The topological polar surface area (TPSA) is 65.8 Å². The van der Waals surface area contributed by atoms with E-state index in [0.29, 0.717) is 36.8 Å². The number of nitrogens with zero attached hydrogens (tertiary/aromatic N) is 3. The molecule has 0 N–H and O–H groups in total. The van der Waals surface area contributed by atoms with Gasteiger partial charge in [0.15, 0.2) is 11.5 Å². The van der Waals surface area contributed by atoms with E-state index < -0.39 is 0 Å². The van der Waals surface area contributed by atoms with Gasteiger partial charge >= 0.3 is 0 Å². The van der Waals surface area contributed by atoms with E-state index in [9.17, 15) is 4.79 Å². The summed E-state index contributed by atoms with van der Waals surface area (Å²) in [6.45, 7) is 4.07. The second-order valence-electron chi connectivity index (χ2n) is 5.93. The number of hydrogen-bond donors (Lipinski definition) is 0. The van der Waals surface area contributed by atoms with Gasteiger partial charge in [-0.05, 0) is 25.1 Å². The zero-order valence-electron chi connectivity index (χ0n) is 13.7. The smallest absolute Gasteiger partial charge is 0.254 e. The Kier molecular flexibility index (Phi) is 3.65. The molecule has 7 heteroatoms. The number of fused-ring (bicyclic) bond motifs is 2. The Hall–Kier alpha value is -2.54. The van der Waals surface area contributed by atoms with E-state index in [1.54, 1.807) is 25.3 Å². The maximum absolute atomic E-state index is 12.9. The summed E-state index contributed by atoms with van der Waals surface area (Å²) < 4.78 is 18.0. The van der Waals surface area contributed by atoms with Crippen molar-refractivity contribution in [1.29, 1.82) is 0 Å². The average molecular weight is 329 g/mol. The van der Waals surface area contributed by atoms with E-state index in [0.717, 1.165) is 11.5 Å². The highest BCUT2D eigenvalue weighted by Crippen LogP contribution is 2.34. The standard InChI is InChI=1S/C17H19N3O4/c1-11-16-18-8-13(9-22-2)20(16)6-5-19(11)17(21)12-3-4-14-15(7-12)24-10-23-14/h3-4,7-8,11H,5-6,9-10H2,1-2H3/t11-/m1/s1. The van der Waals surface area contributed by atoms with Crippen molar-refractivity contribution in [2.75, 3.05) is 20.4 Å². The summed E-state index contributed by atoms with van der Waals surface area (Å²) in [6, 6.07) is 5.21. The van der Waals surface area contributed by atoms with Gasteiger partial charge in [0, 0.05) is 25.8 Å². The molecule has 1 aromatic carbocycles. The maximum Gasteiger partial charge on any atom is 0.254 e. The molecule has 0 unspecified atom stereocenters. The fraction of sp³-hybridized carbons (Fsp3) is 0.412. The monoisotopic (exact) mass is 329 g/mol. The first-order valence-corrected chi connectivity index (χ1v) is 7.93. The van der Waals surface area contributed by atoms with Gasteiger partial charge in [-0.15, -0.1) is 0 Å². The van der Waals surface area contributed by atoms with E-state index in [1.165, 1.54) is 0 Å². The van der Waals surface area contributed by atoms with Gasteiger partial charge in [0.2, 0.25) is 6.79 Å². The van der Waals surface area contributed by atoms with Crippen LogP contribution in [0.5, 0.6) is 11.5 Å². The van der Waals surface area contributed by atoms with Crippen molar-refractivity contribution in [1.82, 2.24) is 14.5 Å². The molecular weight excluding hydrogens is 310 g/mol. The number of ether oxygens (including phenoxy) is 3. The molecule has 0 saturated heterocycles. The van der Waals surface area contributed by atoms with Gasteiger partial charge in [-0.2, -0.15) is 0 Å². The first-order chi connectivity index (χ1) is 11.7. The largest absolute Gasteiger partial charge is 0.454 e. The van der Waals surface area contributed by atoms with E-state index >= 15 is 0 Å². The number of carbonyl (C=O) groups is 1. The SMILES string of the molecule is COCc1cnc2n1CCN(C(=O)c1ccc3c(c1)OCO3)[C@@H]2C. The van der Waals surface area contributed by atoms with Crippen molar-refractivity contribution >= 4 is 5.91 Å². The van der Waals surface area contributed by atoms with Gasteiger partial charge in [-0.1, -0.05) is 0 Å². The second-order valence-corrected chi connectivity index (χ2v) is 5.93. The number of carbonyl (C=O) groups excluding carboxylic acids is 1. The molecule has 3 heterocycles. The van der Waals surface area contributed by atoms with Crippen molar-refractivity contribution in [3.63, 3.8) is 0 Å². The Morgan fingerprint density at radius 2 is 2.17 bits per heavy atom. The number of methoxy groups -OCH3 is 1. The van der Waals surface area contributed by atoms with E-state index in [-0.39, 0.29) is 18.7 Å². The highest BCUT2D eigenvalue weighted by molar-refractivity contribution is 5.95. The first kappa shape index (κ1) is 15.0. The van der Waals surface area contributed by atoms with Gasteiger partial charge in [0.1, 0.15) is 5.82 Å². The van der Waals surface area contributed by atoms with Crippen molar-refractivity contribution in [2.45, 2.75) is 26.1 Å². The molecule has 0 spiro atoms. The lowest BCUT2D eigenvalue weighted by atomic mass is 10.1. The van der Waals surface area contributed by atoms with Gasteiger partial charge in [0.25, 0.3) is 5.91 Å². The summed E-state index contributed by atoms with van der Waals surface area (Å²) in [6.07, 6.45) is 1.82. The molecule has 7 nitrogen and oxygen atoms in total. The first-order valence-electron chi connectivity index (χ1n) is 7.93. The molecule has 1 aromatic heterocycles. The number of amides is 1. The zero-order valence-corrected chi connectivity index (χ0v) is 13.7. The molecule has 1 atom stereocenters. The third-order valence-corrected chi connectivity index (χ3v) is 4.55. The molecule has 2 aliphatic heterocycles. The Morgan fingerprint density at radius 3 is 3.00 bits per heavy atom. The Bertz CT molecular complexity index is 786. The minimum absolute atomic E-state index is 0.0247. The molecule has 2 aliphatic rings. The van der Waals surface area contributed by atoms with Crippen LogP contribution in [0.3, 0.4) is 0 Å². The molecule has 0 fully saturated rings. The summed E-state index contributed by atoms with van der Waals surface area (Å²) in [5, 5.41) is 0. The third-order valence-electron chi connectivity index (χ3n) is 4.55. The quantitative estimate of drug-likeness (QED) is 0.861. The summed E-state index contributed by atoms with van der Waals surface area (Å²) in [5.41, 5.74) is 1.64.